The molecule has 0 saturated heterocycles. The summed E-state index contributed by atoms with van der Waals surface area (Å²) in [6, 6.07) is 10.9. The van der Waals surface area contributed by atoms with E-state index in [2.05, 4.69) is 0 Å². The predicted octanol–water partition coefficient (Wildman–Crippen LogP) is 3.79. The van der Waals surface area contributed by atoms with Crippen LogP contribution in [0.3, 0.4) is 0 Å². The van der Waals surface area contributed by atoms with Gasteiger partial charge in [0.1, 0.15) is 0 Å². The highest BCUT2D eigenvalue weighted by molar-refractivity contribution is 6.19. The summed E-state index contributed by atoms with van der Waals surface area (Å²) in [6.45, 7) is 0. The van der Waals surface area contributed by atoms with Gasteiger partial charge in [0.05, 0.1) is 5.56 Å². The first kappa shape index (κ1) is 11.7. The van der Waals surface area contributed by atoms with Gasteiger partial charge < -0.3 is 5.11 Å². The van der Waals surface area contributed by atoms with Crippen LogP contribution >= 0.6 is 11.6 Å². The average molecular weight is 247 g/mol. The zero-order chi connectivity index (χ0) is 12.3. The molecule has 17 heavy (non-hydrogen) atoms. The number of aromatic carboxylic acids is 1. The molecule has 86 valence electrons. The molecule has 0 spiro atoms. The number of hydrogen-bond donors (Lipinski definition) is 1. The van der Waals surface area contributed by atoms with E-state index < -0.39 is 5.97 Å². The summed E-state index contributed by atoms with van der Waals surface area (Å²) in [5, 5.41) is 10.8. The quantitative estimate of drug-likeness (QED) is 0.837. The Hall–Kier alpha value is -1.80. The average Bonchev–Trinajstić information content (AvgIpc) is 2.35. The Balaban J connectivity index is 2.69. The molecule has 0 radical (unpaired) electrons. The molecule has 0 saturated carbocycles. The minimum absolute atomic E-state index is 0.323. The smallest absolute Gasteiger partial charge is 0.336 e. The number of allylic oxidation sites excluding steroid dienone is 1. The van der Waals surface area contributed by atoms with Crippen LogP contribution < -0.4 is 0 Å². The van der Waals surface area contributed by atoms with E-state index in [4.69, 9.17) is 16.7 Å². The van der Waals surface area contributed by atoms with Crippen LogP contribution in [0.25, 0.3) is 16.8 Å². The molecular formula is C14H11ClO2. The highest BCUT2D eigenvalue weighted by atomic mass is 35.5. The Morgan fingerprint density at radius 2 is 1.88 bits per heavy atom. The minimum atomic E-state index is -0.908. The van der Waals surface area contributed by atoms with E-state index >= 15 is 0 Å². The van der Waals surface area contributed by atoms with E-state index in [1.165, 1.54) is 0 Å². The van der Waals surface area contributed by atoms with E-state index in [0.717, 1.165) is 16.3 Å². The molecule has 1 N–H and O–H groups in total. The third-order valence-electron chi connectivity index (χ3n) is 2.57. The van der Waals surface area contributed by atoms with Crippen molar-refractivity contribution in [1.82, 2.24) is 0 Å². The maximum absolute atomic E-state index is 11.1. The maximum atomic E-state index is 11.1. The summed E-state index contributed by atoms with van der Waals surface area (Å²) in [4.78, 5) is 11.1. The summed E-state index contributed by atoms with van der Waals surface area (Å²) in [5.74, 6) is -0.469. The molecule has 0 aliphatic carbocycles. The van der Waals surface area contributed by atoms with Crippen LogP contribution in [0.5, 0.6) is 0 Å². The first-order valence-electron chi connectivity index (χ1n) is 5.21. The van der Waals surface area contributed by atoms with Gasteiger partial charge >= 0.3 is 5.97 Å². The third kappa shape index (κ3) is 2.32. The van der Waals surface area contributed by atoms with Crippen molar-refractivity contribution in [2.24, 2.45) is 0 Å². The third-order valence-corrected chi connectivity index (χ3v) is 2.75. The molecular weight excluding hydrogens is 236 g/mol. The number of benzene rings is 2. The van der Waals surface area contributed by atoms with Crippen molar-refractivity contribution in [2.75, 3.05) is 5.88 Å². The van der Waals surface area contributed by atoms with Crippen molar-refractivity contribution in [3.63, 3.8) is 0 Å². The van der Waals surface area contributed by atoms with Gasteiger partial charge in [-0.05, 0) is 22.4 Å². The van der Waals surface area contributed by atoms with E-state index in [-0.39, 0.29) is 0 Å². The molecule has 3 heteroatoms. The lowest BCUT2D eigenvalue weighted by molar-refractivity contribution is 0.0699. The largest absolute Gasteiger partial charge is 0.478 e. The Bertz CT molecular complexity index is 588. The van der Waals surface area contributed by atoms with Gasteiger partial charge in [-0.25, -0.2) is 4.79 Å². The summed E-state index contributed by atoms with van der Waals surface area (Å²) >= 11 is 5.60. The van der Waals surface area contributed by atoms with Crippen LogP contribution in [-0.2, 0) is 0 Å². The van der Waals surface area contributed by atoms with Crippen molar-refractivity contribution in [1.29, 1.82) is 0 Å². The fraction of sp³-hybridized carbons (Fsp3) is 0.0714. The Labute approximate surface area is 104 Å². The normalized spacial score (nSPS) is 11.1. The van der Waals surface area contributed by atoms with Crippen molar-refractivity contribution in [3.8, 4) is 0 Å². The zero-order valence-electron chi connectivity index (χ0n) is 9.06. The number of alkyl halides is 1. The van der Waals surface area contributed by atoms with Crippen LogP contribution in [0.4, 0.5) is 0 Å². The molecule has 0 amide bonds. The van der Waals surface area contributed by atoms with Crippen LogP contribution in [0.2, 0.25) is 0 Å². The molecule has 2 rings (SSSR count). The zero-order valence-corrected chi connectivity index (χ0v) is 9.82. The van der Waals surface area contributed by atoms with Crippen LogP contribution in [0.15, 0.2) is 42.5 Å². The fourth-order valence-electron chi connectivity index (χ4n) is 1.84. The Morgan fingerprint density at radius 3 is 2.59 bits per heavy atom. The molecule has 0 bridgehead atoms. The summed E-state index contributed by atoms with van der Waals surface area (Å²) in [6.07, 6.45) is 3.74. The van der Waals surface area contributed by atoms with Crippen molar-refractivity contribution in [3.05, 3.63) is 53.6 Å². The van der Waals surface area contributed by atoms with Gasteiger partial charge in [-0.1, -0.05) is 42.5 Å². The van der Waals surface area contributed by atoms with E-state index in [1.54, 1.807) is 12.1 Å². The lowest BCUT2D eigenvalue weighted by atomic mass is 10.00. The monoisotopic (exact) mass is 246 g/mol. The first-order valence-corrected chi connectivity index (χ1v) is 5.75. The first-order chi connectivity index (χ1) is 8.24. The highest BCUT2D eigenvalue weighted by Crippen LogP contribution is 2.23. The second-order valence-corrected chi connectivity index (χ2v) is 3.92. The molecule has 2 aromatic rings. The van der Waals surface area contributed by atoms with Gasteiger partial charge in [0.2, 0.25) is 0 Å². The van der Waals surface area contributed by atoms with Crippen molar-refractivity contribution in [2.45, 2.75) is 0 Å². The van der Waals surface area contributed by atoms with E-state index in [0.29, 0.717) is 11.4 Å². The number of hydrogen-bond acceptors (Lipinski definition) is 1. The topological polar surface area (TPSA) is 37.3 Å². The molecule has 0 atom stereocenters. The number of rotatable bonds is 3. The van der Waals surface area contributed by atoms with Gasteiger partial charge in [0, 0.05) is 5.88 Å². The lowest BCUT2D eigenvalue weighted by Gasteiger charge is -2.05. The number of halogens is 1. The van der Waals surface area contributed by atoms with Crippen molar-refractivity contribution < 1.29 is 9.90 Å². The molecule has 0 aliphatic rings. The van der Waals surface area contributed by atoms with Gasteiger partial charge in [-0.15, -0.1) is 11.6 Å². The number of carbonyl (C=O) groups is 1. The van der Waals surface area contributed by atoms with E-state index in [1.807, 2.05) is 36.4 Å². The lowest BCUT2D eigenvalue weighted by Crippen LogP contribution is -1.97. The second-order valence-electron chi connectivity index (χ2n) is 3.61. The Kier molecular flexibility index (Phi) is 3.45. The SMILES string of the molecule is O=C(O)c1cccc2c(C=CCCl)cccc12. The molecule has 0 heterocycles. The predicted molar refractivity (Wildman–Crippen MR) is 70.7 cm³/mol. The van der Waals surface area contributed by atoms with Gasteiger partial charge in [0.25, 0.3) is 0 Å². The summed E-state index contributed by atoms with van der Waals surface area (Å²) in [7, 11) is 0. The number of carboxylic acids is 1. The maximum Gasteiger partial charge on any atom is 0.336 e. The number of fused-ring (bicyclic) bond motifs is 1. The van der Waals surface area contributed by atoms with Crippen LogP contribution in [0, 0.1) is 0 Å². The second kappa shape index (κ2) is 5.02. The van der Waals surface area contributed by atoms with Gasteiger partial charge in [-0.3, -0.25) is 0 Å². The van der Waals surface area contributed by atoms with Crippen LogP contribution in [0.1, 0.15) is 15.9 Å². The molecule has 0 aliphatic heterocycles. The van der Waals surface area contributed by atoms with Gasteiger partial charge in [0.15, 0.2) is 0 Å². The van der Waals surface area contributed by atoms with Crippen LogP contribution in [-0.4, -0.2) is 17.0 Å². The highest BCUT2D eigenvalue weighted by Gasteiger charge is 2.08. The Morgan fingerprint density at radius 1 is 1.18 bits per heavy atom. The van der Waals surface area contributed by atoms with Crippen molar-refractivity contribution >= 4 is 34.4 Å². The van der Waals surface area contributed by atoms with Gasteiger partial charge in [-0.2, -0.15) is 0 Å². The molecule has 0 fully saturated rings. The molecule has 2 aromatic carbocycles. The summed E-state index contributed by atoms with van der Waals surface area (Å²) < 4.78 is 0. The standard InChI is InChI=1S/C14H11ClO2/c15-9-3-5-10-4-1-7-12-11(10)6-2-8-13(12)14(16)17/h1-8H,9H2,(H,16,17). The minimum Gasteiger partial charge on any atom is -0.478 e. The molecule has 2 nitrogen and oxygen atoms in total. The molecule has 0 aromatic heterocycles. The molecule has 0 unspecified atom stereocenters. The fourth-order valence-corrected chi connectivity index (χ4v) is 1.93. The number of carboxylic acid groups (broad SMARTS) is 1. The summed E-state index contributed by atoms with van der Waals surface area (Å²) in [5.41, 5.74) is 1.30. The van der Waals surface area contributed by atoms with E-state index in [9.17, 15) is 4.79 Å².